The van der Waals surface area contributed by atoms with Crippen LogP contribution in [0.5, 0.6) is 0 Å². The van der Waals surface area contributed by atoms with Gasteiger partial charge in [-0.25, -0.2) is 4.98 Å². The van der Waals surface area contributed by atoms with E-state index in [9.17, 15) is 19.5 Å². The van der Waals surface area contributed by atoms with Crippen LogP contribution in [0.25, 0.3) is 11.1 Å². The number of aliphatic hydroxyl groups is 1. The maximum Gasteiger partial charge on any atom is 0.274 e. The third-order valence-electron chi connectivity index (χ3n) is 8.88. The number of aromatic nitrogens is 2. The summed E-state index contributed by atoms with van der Waals surface area (Å²) in [5.41, 5.74) is 6.50. The van der Waals surface area contributed by atoms with E-state index < -0.39 is 0 Å². The molecule has 2 aromatic heterocycles. The van der Waals surface area contributed by atoms with Gasteiger partial charge in [-0.05, 0) is 60.0 Å². The zero-order valence-corrected chi connectivity index (χ0v) is 26.7. The molecule has 4 aromatic rings. The maximum absolute atomic E-state index is 13.7. The van der Waals surface area contributed by atoms with Crippen LogP contribution in [0, 0.1) is 0 Å². The van der Waals surface area contributed by atoms with Gasteiger partial charge in [0, 0.05) is 89.4 Å². The standard InChI is InChI=1S/C35H39N7O4/c1-23(44)40-14-16-41(17-15-40)27-9-11-33(36-20-27)37-31-19-25(21-39(4)35(31)46)28-6-5-7-32(30(28)22-43)42-13-12-24-18-26(38(2)3)8-10-29(24)34(42)45/h5-11,18-21,43H,12-17,22H2,1-4H3,(H,36,37). The zero-order valence-electron chi connectivity index (χ0n) is 26.7. The van der Waals surface area contributed by atoms with Crippen molar-refractivity contribution in [3.05, 3.63) is 94.0 Å². The first-order chi connectivity index (χ1) is 22.1. The van der Waals surface area contributed by atoms with Crippen molar-refractivity contribution in [1.29, 1.82) is 0 Å². The molecular formula is C35H39N7O4. The third-order valence-corrected chi connectivity index (χ3v) is 8.88. The molecule has 0 bridgehead atoms. The Morgan fingerprint density at radius 3 is 2.43 bits per heavy atom. The Kier molecular flexibility index (Phi) is 8.50. The van der Waals surface area contributed by atoms with Gasteiger partial charge < -0.3 is 34.6 Å². The van der Waals surface area contributed by atoms with Gasteiger partial charge in [0.05, 0.1) is 24.2 Å². The summed E-state index contributed by atoms with van der Waals surface area (Å²) in [6.07, 6.45) is 4.20. The van der Waals surface area contributed by atoms with Gasteiger partial charge in [-0.3, -0.25) is 14.4 Å². The SMILES string of the molecule is CC(=O)N1CCN(c2ccc(Nc3cc(-c4cccc(N5CCc6cc(N(C)C)ccc6C5=O)c4CO)cn(C)c3=O)nc2)CC1. The second-order valence-corrected chi connectivity index (χ2v) is 12.0. The van der Waals surface area contributed by atoms with Crippen LogP contribution in [-0.4, -0.2) is 78.2 Å². The first-order valence-electron chi connectivity index (χ1n) is 15.4. The van der Waals surface area contributed by atoms with Crippen LogP contribution in [0.15, 0.2) is 71.8 Å². The number of anilines is 5. The molecule has 238 valence electrons. The number of rotatable bonds is 7. The van der Waals surface area contributed by atoms with Crippen LogP contribution >= 0.6 is 0 Å². The molecule has 0 saturated carbocycles. The van der Waals surface area contributed by atoms with E-state index >= 15 is 0 Å². The molecular weight excluding hydrogens is 582 g/mol. The Morgan fingerprint density at radius 2 is 1.76 bits per heavy atom. The number of aryl methyl sites for hydroxylation is 1. The Bertz CT molecular complexity index is 1840. The van der Waals surface area contributed by atoms with Gasteiger partial charge in [-0.1, -0.05) is 12.1 Å². The number of carbonyl (C=O) groups is 2. The summed E-state index contributed by atoms with van der Waals surface area (Å²) in [6, 6.07) is 17.1. The van der Waals surface area contributed by atoms with Gasteiger partial charge in [0.2, 0.25) is 5.91 Å². The molecule has 0 atom stereocenters. The van der Waals surface area contributed by atoms with Crippen molar-refractivity contribution in [2.75, 3.05) is 66.8 Å². The molecule has 4 heterocycles. The first kappa shape index (κ1) is 30.8. The molecule has 2 N–H and O–H groups in total. The number of pyridine rings is 2. The monoisotopic (exact) mass is 621 g/mol. The molecule has 0 unspecified atom stereocenters. The fraction of sp³-hybridized carbons (Fsp3) is 0.314. The van der Waals surface area contributed by atoms with E-state index in [2.05, 4.69) is 21.3 Å². The quantitative estimate of drug-likeness (QED) is 0.322. The van der Waals surface area contributed by atoms with Crippen molar-refractivity contribution in [1.82, 2.24) is 14.5 Å². The minimum absolute atomic E-state index is 0.0866. The molecule has 11 heteroatoms. The Hall–Kier alpha value is -5.16. The predicted octanol–water partition coefficient (Wildman–Crippen LogP) is 3.62. The summed E-state index contributed by atoms with van der Waals surface area (Å²) in [5, 5.41) is 13.8. The van der Waals surface area contributed by atoms with Crippen LogP contribution in [-0.2, 0) is 24.9 Å². The lowest BCUT2D eigenvalue weighted by molar-refractivity contribution is -0.129. The Labute approximate surface area is 268 Å². The number of nitrogens with one attached hydrogen (secondary N) is 1. The van der Waals surface area contributed by atoms with E-state index in [0.717, 1.165) is 41.2 Å². The zero-order chi connectivity index (χ0) is 32.5. The van der Waals surface area contributed by atoms with Crippen molar-refractivity contribution in [2.45, 2.75) is 20.0 Å². The van der Waals surface area contributed by atoms with E-state index in [1.54, 1.807) is 37.3 Å². The van der Waals surface area contributed by atoms with Crippen LogP contribution < -0.4 is 25.6 Å². The molecule has 46 heavy (non-hydrogen) atoms. The number of amides is 2. The van der Waals surface area contributed by atoms with Crippen molar-refractivity contribution in [2.24, 2.45) is 7.05 Å². The number of aliphatic hydroxyl groups excluding tert-OH is 1. The van der Waals surface area contributed by atoms with Crippen molar-refractivity contribution >= 4 is 40.4 Å². The molecule has 2 aromatic carbocycles. The number of fused-ring (bicyclic) bond motifs is 1. The summed E-state index contributed by atoms with van der Waals surface area (Å²) >= 11 is 0. The summed E-state index contributed by atoms with van der Waals surface area (Å²) < 4.78 is 1.50. The summed E-state index contributed by atoms with van der Waals surface area (Å²) in [7, 11) is 5.64. The molecule has 2 aliphatic heterocycles. The van der Waals surface area contributed by atoms with E-state index in [-0.39, 0.29) is 24.0 Å². The van der Waals surface area contributed by atoms with E-state index in [1.165, 1.54) is 4.57 Å². The Morgan fingerprint density at radius 1 is 0.978 bits per heavy atom. The molecule has 0 radical (unpaired) electrons. The number of hydrogen-bond donors (Lipinski definition) is 2. The predicted molar refractivity (Wildman–Crippen MR) is 181 cm³/mol. The lowest BCUT2D eigenvalue weighted by Crippen LogP contribution is -2.48. The second kappa shape index (κ2) is 12.7. The number of carbonyl (C=O) groups excluding carboxylic acids is 2. The molecule has 2 aliphatic rings. The molecule has 0 aliphatic carbocycles. The highest BCUT2D eigenvalue weighted by molar-refractivity contribution is 6.09. The van der Waals surface area contributed by atoms with Gasteiger partial charge in [-0.15, -0.1) is 0 Å². The summed E-state index contributed by atoms with van der Waals surface area (Å²) in [4.78, 5) is 50.9. The highest BCUT2D eigenvalue weighted by atomic mass is 16.3. The van der Waals surface area contributed by atoms with Crippen LogP contribution in [0.3, 0.4) is 0 Å². The third kappa shape index (κ3) is 5.93. The van der Waals surface area contributed by atoms with Crippen molar-refractivity contribution in [3.63, 3.8) is 0 Å². The highest BCUT2D eigenvalue weighted by Crippen LogP contribution is 2.35. The maximum atomic E-state index is 13.7. The topological polar surface area (TPSA) is 114 Å². The van der Waals surface area contributed by atoms with Crippen molar-refractivity contribution < 1.29 is 14.7 Å². The average molecular weight is 622 g/mol. The lowest BCUT2D eigenvalue weighted by atomic mass is 9.94. The average Bonchev–Trinajstić information content (AvgIpc) is 3.06. The van der Waals surface area contributed by atoms with Gasteiger partial charge in [0.15, 0.2) is 0 Å². The number of hydrogen-bond acceptors (Lipinski definition) is 8. The fourth-order valence-electron chi connectivity index (χ4n) is 6.26. The van der Waals surface area contributed by atoms with Gasteiger partial charge >= 0.3 is 0 Å². The van der Waals surface area contributed by atoms with Gasteiger partial charge in [-0.2, -0.15) is 0 Å². The number of piperazine rings is 1. The van der Waals surface area contributed by atoms with Crippen LogP contribution in [0.4, 0.5) is 28.6 Å². The van der Waals surface area contributed by atoms with Crippen LogP contribution in [0.2, 0.25) is 0 Å². The first-order valence-corrected chi connectivity index (χ1v) is 15.4. The molecule has 1 fully saturated rings. The largest absolute Gasteiger partial charge is 0.392 e. The molecule has 11 nitrogen and oxygen atoms in total. The van der Waals surface area contributed by atoms with E-state index in [4.69, 9.17) is 0 Å². The van der Waals surface area contributed by atoms with Gasteiger partial charge in [0.1, 0.15) is 11.5 Å². The molecule has 1 saturated heterocycles. The number of benzene rings is 2. The number of nitrogens with zero attached hydrogens (tertiary/aromatic N) is 6. The van der Waals surface area contributed by atoms with E-state index in [1.807, 2.05) is 66.4 Å². The van der Waals surface area contributed by atoms with Crippen LogP contribution in [0.1, 0.15) is 28.4 Å². The fourth-order valence-corrected chi connectivity index (χ4v) is 6.26. The molecule has 6 rings (SSSR count). The minimum atomic E-state index is -0.281. The molecule has 0 spiro atoms. The van der Waals surface area contributed by atoms with E-state index in [0.29, 0.717) is 54.4 Å². The van der Waals surface area contributed by atoms with Gasteiger partial charge in [0.25, 0.3) is 11.5 Å². The highest BCUT2D eigenvalue weighted by Gasteiger charge is 2.28. The Balaban J connectivity index is 1.26. The molecule has 2 amide bonds. The summed E-state index contributed by atoms with van der Waals surface area (Å²) in [6.45, 7) is 4.61. The lowest BCUT2D eigenvalue weighted by Gasteiger charge is -2.35. The second-order valence-electron chi connectivity index (χ2n) is 12.0. The normalized spacial score (nSPS) is 14.7. The van der Waals surface area contributed by atoms with Crippen molar-refractivity contribution in [3.8, 4) is 11.1 Å². The summed E-state index contributed by atoms with van der Waals surface area (Å²) in [5.74, 6) is 0.506. The minimum Gasteiger partial charge on any atom is -0.392 e. The smallest absolute Gasteiger partial charge is 0.274 e.